The summed E-state index contributed by atoms with van der Waals surface area (Å²) in [7, 11) is 3.57. The Morgan fingerprint density at radius 2 is 1.67 bits per heavy atom. The van der Waals surface area contributed by atoms with Gasteiger partial charge in [-0.15, -0.1) is 0 Å². The van der Waals surface area contributed by atoms with E-state index in [4.69, 9.17) is 4.84 Å². The van der Waals surface area contributed by atoms with E-state index in [1.54, 1.807) is 30.8 Å². The number of imidazole rings is 1. The van der Waals surface area contributed by atoms with E-state index < -0.39 is 0 Å². The topological polar surface area (TPSA) is 77.3 Å². The highest BCUT2D eigenvalue weighted by Crippen LogP contribution is 2.32. The molecule has 7 nitrogen and oxygen atoms in total. The van der Waals surface area contributed by atoms with Crippen LogP contribution in [0.1, 0.15) is 60.4 Å². The molecule has 166 valence electrons. The number of carbonyl (C=O) groups excluding carboxylic acids is 2. The molecular weight excluding hydrogens is 420 g/mol. The van der Waals surface area contributed by atoms with E-state index in [1.165, 1.54) is 0 Å². The van der Waals surface area contributed by atoms with Gasteiger partial charge in [0.25, 0.3) is 11.8 Å². The minimum absolute atomic E-state index is 0.124. The van der Waals surface area contributed by atoms with Gasteiger partial charge < -0.3 is 4.57 Å². The third kappa shape index (κ3) is 10.8. The van der Waals surface area contributed by atoms with Gasteiger partial charge in [-0.1, -0.05) is 30.7 Å². The molecule has 3 rings (SSSR count). The molecule has 0 radical (unpaired) electrons. The van der Waals surface area contributed by atoms with Crippen LogP contribution in [-0.2, 0) is 14.4 Å². The van der Waals surface area contributed by atoms with Gasteiger partial charge in [0.05, 0.1) is 12.4 Å². The normalized spacial score (nSPS) is 13.4. The molecule has 2 amide bonds. The van der Waals surface area contributed by atoms with Gasteiger partial charge in [-0.2, -0.15) is 5.06 Å². The molecule has 1 aliphatic rings. The van der Waals surface area contributed by atoms with Gasteiger partial charge in [-0.3, -0.25) is 14.4 Å². The van der Waals surface area contributed by atoms with Crippen LogP contribution in [0.15, 0.2) is 48.1 Å². The summed E-state index contributed by atoms with van der Waals surface area (Å²) in [6.07, 6.45) is 7.84. The minimum atomic E-state index is -0.233. The first-order chi connectivity index (χ1) is 14.2. The van der Waals surface area contributed by atoms with Crippen LogP contribution in [-0.4, -0.2) is 42.8 Å². The number of imide groups is 1. The summed E-state index contributed by atoms with van der Waals surface area (Å²) in [5.41, 5.74) is 0. The minimum Gasteiger partial charge on any atom is -0.335 e. The van der Waals surface area contributed by atoms with Crippen molar-refractivity contribution in [3.05, 3.63) is 43.1 Å². The Bertz CT molecular complexity index is 722. The number of carbonyl (C=O) groups is 2. The van der Waals surface area contributed by atoms with Crippen LogP contribution < -0.4 is 0 Å². The number of aromatic nitrogens is 3. The zero-order valence-electron chi connectivity index (χ0n) is 18.5. The molecule has 2 aromatic rings. The molecule has 0 spiro atoms. The van der Waals surface area contributed by atoms with Crippen LogP contribution in [0.3, 0.4) is 0 Å². The zero-order valence-corrected chi connectivity index (χ0v) is 20.2. The SMILES string of the molecule is CC(C)ON1C(=O)CCC1=O.CC(C)SSc1ccccn1.CC(C)n1ccnc1. The molecule has 3 heterocycles. The number of nitrogens with zero attached hydrogens (tertiary/aromatic N) is 4. The molecule has 0 N–H and O–H groups in total. The fourth-order valence-electron chi connectivity index (χ4n) is 2.00. The van der Waals surface area contributed by atoms with Crippen LogP contribution in [0.4, 0.5) is 0 Å². The Morgan fingerprint density at radius 1 is 1.00 bits per heavy atom. The summed E-state index contributed by atoms with van der Waals surface area (Å²) in [6, 6.07) is 6.51. The first-order valence-corrected chi connectivity index (χ1v) is 12.2. The smallest absolute Gasteiger partial charge is 0.254 e. The lowest BCUT2D eigenvalue weighted by Crippen LogP contribution is -2.31. The lowest BCUT2D eigenvalue weighted by Gasteiger charge is -2.15. The van der Waals surface area contributed by atoms with E-state index in [-0.39, 0.29) is 30.8 Å². The maximum Gasteiger partial charge on any atom is 0.254 e. The second-order valence-electron chi connectivity index (χ2n) is 7.24. The van der Waals surface area contributed by atoms with Gasteiger partial charge in [-0.25, -0.2) is 9.97 Å². The number of hydrogen-bond donors (Lipinski definition) is 0. The van der Waals surface area contributed by atoms with Crippen LogP contribution in [0.25, 0.3) is 0 Å². The number of rotatable bonds is 6. The fourth-order valence-corrected chi connectivity index (χ4v) is 3.70. The summed E-state index contributed by atoms with van der Waals surface area (Å²) in [6.45, 7) is 12.2. The van der Waals surface area contributed by atoms with Crippen molar-refractivity contribution >= 4 is 33.4 Å². The summed E-state index contributed by atoms with van der Waals surface area (Å²) < 4.78 is 2.06. The molecular formula is C21H32N4O3S2. The lowest BCUT2D eigenvalue weighted by atomic mass is 10.4. The van der Waals surface area contributed by atoms with Crippen LogP contribution >= 0.6 is 21.6 Å². The number of amides is 2. The predicted molar refractivity (Wildman–Crippen MR) is 123 cm³/mol. The molecule has 1 fully saturated rings. The van der Waals surface area contributed by atoms with Crippen molar-refractivity contribution in [1.82, 2.24) is 19.6 Å². The van der Waals surface area contributed by atoms with Crippen LogP contribution in [0, 0.1) is 0 Å². The van der Waals surface area contributed by atoms with Gasteiger partial charge in [0, 0.05) is 42.7 Å². The summed E-state index contributed by atoms with van der Waals surface area (Å²) >= 11 is 0. The standard InChI is InChI=1S/C8H11NS2.C7H11NO3.C6H10N2/c1-7(2)10-11-8-5-3-4-6-9-8;1-5(2)11-8-6(9)3-4-7(8)10;1-6(2)8-4-3-7-5-8/h3-7H,1-2H3;5H,3-4H2,1-2H3;3-6H,1-2H3. The number of hydroxylamine groups is 2. The van der Waals surface area contributed by atoms with Gasteiger partial charge in [0.2, 0.25) is 0 Å². The Kier molecular flexibility index (Phi) is 12.4. The van der Waals surface area contributed by atoms with E-state index in [0.717, 1.165) is 10.1 Å². The maximum absolute atomic E-state index is 10.9. The third-order valence-corrected chi connectivity index (χ3v) is 6.26. The van der Waals surface area contributed by atoms with Gasteiger partial charge in [0.15, 0.2) is 0 Å². The van der Waals surface area contributed by atoms with Crippen molar-refractivity contribution in [3.8, 4) is 0 Å². The Morgan fingerprint density at radius 3 is 2.07 bits per heavy atom. The van der Waals surface area contributed by atoms with Crippen molar-refractivity contribution in [2.75, 3.05) is 0 Å². The molecule has 30 heavy (non-hydrogen) atoms. The van der Waals surface area contributed by atoms with Gasteiger partial charge in [0.1, 0.15) is 5.03 Å². The van der Waals surface area contributed by atoms with Crippen molar-refractivity contribution in [2.24, 2.45) is 0 Å². The Hall–Kier alpha value is -1.84. The molecule has 0 atom stereocenters. The van der Waals surface area contributed by atoms with E-state index in [1.807, 2.05) is 47.7 Å². The van der Waals surface area contributed by atoms with Crippen molar-refractivity contribution in [3.63, 3.8) is 0 Å². The molecule has 0 saturated carbocycles. The van der Waals surface area contributed by atoms with E-state index >= 15 is 0 Å². The highest BCUT2D eigenvalue weighted by molar-refractivity contribution is 8.76. The molecule has 0 bridgehead atoms. The van der Waals surface area contributed by atoms with E-state index in [2.05, 4.69) is 42.2 Å². The van der Waals surface area contributed by atoms with Crippen molar-refractivity contribution < 1.29 is 14.4 Å². The van der Waals surface area contributed by atoms with Gasteiger partial charge in [-0.05, 0) is 50.6 Å². The van der Waals surface area contributed by atoms with Crippen LogP contribution in [0.5, 0.6) is 0 Å². The van der Waals surface area contributed by atoms with Crippen molar-refractivity contribution in [2.45, 2.75) is 76.8 Å². The molecule has 9 heteroatoms. The Labute approximate surface area is 187 Å². The average molecular weight is 453 g/mol. The van der Waals surface area contributed by atoms with Crippen LogP contribution in [0.2, 0.25) is 0 Å². The summed E-state index contributed by atoms with van der Waals surface area (Å²) in [5.74, 6) is -0.465. The Balaban J connectivity index is 0.000000228. The zero-order chi connectivity index (χ0) is 22.5. The largest absolute Gasteiger partial charge is 0.335 e. The second kappa shape index (κ2) is 14.2. The first kappa shape index (κ1) is 26.2. The highest BCUT2D eigenvalue weighted by Gasteiger charge is 2.30. The van der Waals surface area contributed by atoms with E-state index in [0.29, 0.717) is 11.3 Å². The second-order valence-corrected chi connectivity index (χ2v) is 10.0. The van der Waals surface area contributed by atoms with E-state index in [9.17, 15) is 9.59 Å². The molecule has 0 aromatic carbocycles. The summed E-state index contributed by atoms with van der Waals surface area (Å²) in [4.78, 5) is 34.9. The summed E-state index contributed by atoms with van der Waals surface area (Å²) in [5, 5.41) is 2.61. The molecule has 1 saturated heterocycles. The number of hydrogen-bond acceptors (Lipinski definition) is 7. The highest BCUT2D eigenvalue weighted by atomic mass is 33.1. The molecule has 1 aliphatic heterocycles. The quantitative estimate of drug-likeness (QED) is 0.442. The number of pyridine rings is 1. The van der Waals surface area contributed by atoms with Crippen molar-refractivity contribution in [1.29, 1.82) is 0 Å². The maximum atomic E-state index is 10.9. The first-order valence-electron chi connectivity index (χ1n) is 9.95. The monoisotopic (exact) mass is 452 g/mol. The fraction of sp³-hybridized carbons (Fsp3) is 0.524. The predicted octanol–water partition coefficient (Wildman–Crippen LogP) is 5.17. The lowest BCUT2D eigenvalue weighted by molar-refractivity contribution is -0.198. The molecule has 0 aliphatic carbocycles. The third-order valence-electron chi connectivity index (χ3n) is 3.41. The van der Waals surface area contributed by atoms with Gasteiger partial charge >= 0.3 is 0 Å². The molecule has 2 aromatic heterocycles. The molecule has 0 unspecified atom stereocenters. The average Bonchev–Trinajstić information content (AvgIpc) is 3.34.